The van der Waals surface area contributed by atoms with E-state index in [0.29, 0.717) is 29.1 Å². The number of rotatable bonds is 14. The van der Waals surface area contributed by atoms with Crippen molar-refractivity contribution in [1.29, 1.82) is 0 Å². The number of ether oxygens (including phenoxy) is 2. The summed E-state index contributed by atoms with van der Waals surface area (Å²) in [4.78, 5) is 34.8. The van der Waals surface area contributed by atoms with Gasteiger partial charge in [0.2, 0.25) is 11.1 Å². The standard InChI is InChI=1S/C25H26F2N5O6PS/c1-35-20-7-2-16(12-19(20)27)13-38-39(37-10-11-40-24(34)17-3-5-18(26)6-4-17)15-36-9-8-32-14-29-21-22(32)30-25(28)31-23(21)33/h2-7,12,14H,8-11,13,15H2,1H3,(H3,28,30,31,33). The Bertz CT molecular complexity index is 1500. The second-order valence-corrected chi connectivity index (χ2v) is 10.7. The molecule has 2 aromatic heterocycles. The van der Waals surface area contributed by atoms with Gasteiger partial charge in [0.1, 0.15) is 12.2 Å². The van der Waals surface area contributed by atoms with Gasteiger partial charge in [-0.2, -0.15) is 4.98 Å². The summed E-state index contributed by atoms with van der Waals surface area (Å²) < 4.78 is 51.3. The van der Waals surface area contributed by atoms with Crippen molar-refractivity contribution in [2.45, 2.75) is 13.2 Å². The van der Waals surface area contributed by atoms with Crippen LogP contribution in [0.2, 0.25) is 0 Å². The van der Waals surface area contributed by atoms with E-state index in [9.17, 15) is 18.4 Å². The van der Waals surface area contributed by atoms with E-state index in [-0.39, 0.29) is 48.5 Å². The van der Waals surface area contributed by atoms with Crippen LogP contribution in [0.4, 0.5) is 14.7 Å². The number of fused-ring (bicyclic) bond motifs is 1. The first-order valence-corrected chi connectivity index (χ1v) is 14.3. The average Bonchev–Trinajstić information content (AvgIpc) is 3.34. The molecule has 3 N–H and O–H groups in total. The molecule has 212 valence electrons. The summed E-state index contributed by atoms with van der Waals surface area (Å²) >= 11 is 1.04. The number of halogens is 2. The highest BCUT2D eigenvalue weighted by molar-refractivity contribution is 8.14. The molecule has 2 heterocycles. The molecule has 0 saturated heterocycles. The van der Waals surface area contributed by atoms with Crippen LogP contribution in [0.5, 0.6) is 5.75 Å². The summed E-state index contributed by atoms with van der Waals surface area (Å²) in [6.45, 7) is 0.805. The third-order valence-electron chi connectivity index (χ3n) is 5.39. The van der Waals surface area contributed by atoms with Gasteiger partial charge in [-0.15, -0.1) is 0 Å². The molecule has 0 bridgehead atoms. The maximum Gasteiger partial charge on any atom is 0.280 e. The molecule has 2 aromatic carbocycles. The molecule has 1 atom stereocenters. The fourth-order valence-corrected chi connectivity index (χ4v) is 5.31. The van der Waals surface area contributed by atoms with Crippen molar-refractivity contribution in [3.05, 3.63) is 81.9 Å². The van der Waals surface area contributed by atoms with Crippen molar-refractivity contribution < 1.29 is 32.1 Å². The van der Waals surface area contributed by atoms with Crippen LogP contribution < -0.4 is 16.0 Å². The molecule has 0 aliphatic heterocycles. The van der Waals surface area contributed by atoms with Crippen molar-refractivity contribution in [3.63, 3.8) is 0 Å². The van der Waals surface area contributed by atoms with Gasteiger partial charge >= 0.3 is 0 Å². The number of nitrogens with zero attached hydrogens (tertiary/aromatic N) is 3. The van der Waals surface area contributed by atoms with Gasteiger partial charge < -0.3 is 28.8 Å². The van der Waals surface area contributed by atoms with E-state index in [4.69, 9.17) is 24.3 Å². The zero-order chi connectivity index (χ0) is 28.5. The molecule has 15 heteroatoms. The lowest BCUT2D eigenvalue weighted by Gasteiger charge is -2.18. The van der Waals surface area contributed by atoms with Gasteiger partial charge in [0.25, 0.3) is 5.56 Å². The third-order valence-corrected chi connectivity index (χ3v) is 7.54. The Hall–Kier alpha value is -3.42. The Balaban J connectivity index is 1.30. The molecule has 1 unspecified atom stereocenters. The van der Waals surface area contributed by atoms with Crippen molar-refractivity contribution >= 4 is 42.4 Å². The Morgan fingerprint density at radius 1 is 1.15 bits per heavy atom. The SMILES string of the molecule is COc1ccc(COP(COCCn2cnc3c(=O)[nH]c(N)nc32)OCCSC(=O)c2ccc(F)cc2)cc1F. The summed E-state index contributed by atoms with van der Waals surface area (Å²) in [5, 5.41) is -0.209. The van der Waals surface area contributed by atoms with Crippen LogP contribution in [0.25, 0.3) is 11.2 Å². The predicted molar refractivity (Wildman–Crippen MR) is 147 cm³/mol. The quantitative estimate of drug-likeness (QED) is 0.162. The summed E-state index contributed by atoms with van der Waals surface area (Å²) in [5.41, 5.74) is 6.67. The molecule has 0 amide bonds. The largest absolute Gasteiger partial charge is 0.494 e. The van der Waals surface area contributed by atoms with Crippen molar-refractivity contribution in [2.75, 3.05) is 38.2 Å². The molecule has 0 aliphatic rings. The van der Waals surface area contributed by atoms with Gasteiger partial charge in [-0.1, -0.05) is 17.8 Å². The topological polar surface area (TPSA) is 144 Å². The Morgan fingerprint density at radius 2 is 1.95 bits per heavy atom. The minimum atomic E-state index is -1.57. The van der Waals surface area contributed by atoms with E-state index in [1.807, 2.05) is 0 Å². The lowest BCUT2D eigenvalue weighted by molar-refractivity contribution is 0.108. The fraction of sp³-hybridized carbons (Fsp3) is 0.280. The Kier molecular flexibility index (Phi) is 10.6. The molecule has 11 nitrogen and oxygen atoms in total. The number of aromatic amines is 1. The Labute approximate surface area is 232 Å². The van der Waals surface area contributed by atoms with E-state index in [0.717, 1.165) is 11.8 Å². The second kappa shape index (κ2) is 14.3. The van der Waals surface area contributed by atoms with Crippen LogP contribution >= 0.6 is 20.1 Å². The highest BCUT2D eigenvalue weighted by Crippen LogP contribution is 2.39. The first kappa shape index (κ1) is 29.6. The smallest absolute Gasteiger partial charge is 0.280 e. The molecular formula is C25H26F2N5O6PS. The van der Waals surface area contributed by atoms with Crippen LogP contribution in [-0.4, -0.2) is 57.1 Å². The van der Waals surface area contributed by atoms with Crippen molar-refractivity contribution in [2.24, 2.45) is 0 Å². The number of hydrogen-bond donors (Lipinski definition) is 2. The first-order chi connectivity index (χ1) is 19.3. The predicted octanol–water partition coefficient (Wildman–Crippen LogP) is 4.08. The number of benzene rings is 2. The number of nitrogen functional groups attached to an aromatic ring is 1. The summed E-state index contributed by atoms with van der Waals surface area (Å²) in [6, 6.07) is 9.80. The van der Waals surface area contributed by atoms with E-state index < -0.39 is 25.6 Å². The van der Waals surface area contributed by atoms with Crippen LogP contribution in [0, 0.1) is 11.6 Å². The molecule has 0 aliphatic carbocycles. The maximum absolute atomic E-state index is 14.1. The minimum Gasteiger partial charge on any atom is -0.494 e. The number of thioether (sulfide) groups is 1. The molecule has 0 spiro atoms. The number of carbonyl (C=O) groups excluding carboxylic acids is 1. The van der Waals surface area contributed by atoms with Crippen molar-refractivity contribution in [3.8, 4) is 5.75 Å². The van der Waals surface area contributed by atoms with Gasteiger partial charge in [0.05, 0.1) is 33.3 Å². The van der Waals surface area contributed by atoms with Gasteiger partial charge in [0, 0.05) is 17.9 Å². The average molecular weight is 594 g/mol. The number of aromatic nitrogens is 4. The third kappa shape index (κ3) is 8.05. The van der Waals surface area contributed by atoms with Gasteiger partial charge in [-0.05, 0) is 42.0 Å². The molecule has 0 fully saturated rings. The Morgan fingerprint density at radius 3 is 2.70 bits per heavy atom. The zero-order valence-electron chi connectivity index (χ0n) is 21.3. The highest BCUT2D eigenvalue weighted by atomic mass is 32.2. The van der Waals surface area contributed by atoms with Crippen LogP contribution in [0.1, 0.15) is 15.9 Å². The summed E-state index contributed by atoms with van der Waals surface area (Å²) in [7, 11) is -0.192. The maximum atomic E-state index is 14.1. The van der Waals surface area contributed by atoms with E-state index in [2.05, 4.69) is 15.0 Å². The fourth-order valence-electron chi connectivity index (χ4n) is 3.44. The normalized spacial score (nSPS) is 12.1. The number of anilines is 1. The van der Waals surface area contributed by atoms with Crippen LogP contribution in [-0.2, 0) is 26.9 Å². The molecule has 0 radical (unpaired) electrons. The van der Waals surface area contributed by atoms with E-state index in [1.54, 1.807) is 10.6 Å². The van der Waals surface area contributed by atoms with Crippen molar-refractivity contribution in [1.82, 2.24) is 19.5 Å². The number of methoxy groups -OCH3 is 1. The summed E-state index contributed by atoms with van der Waals surface area (Å²) in [5.74, 6) is -0.491. The number of imidazole rings is 1. The lowest BCUT2D eigenvalue weighted by Crippen LogP contribution is -2.13. The first-order valence-electron chi connectivity index (χ1n) is 11.9. The highest BCUT2D eigenvalue weighted by Gasteiger charge is 2.15. The number of carbonyl (C=O) groups is 1. The minimum absolute atomic E-state index is 0.0174. The monoisotopic (exact) mass is 593 g/mol. The molecule has 4 rings (SSSR count). The summed E-state index contributed by atoms with van der Waals surface area (Å²) in [6.07, 6.45) is 1.56. The molecular weight excluding hydrogens is 567 g/mol. The van der Waals surface area contributed by atoms with E-state index >= 15 is 0 Å². The second-order valence-electron chi connectivity index (χ2n) is 8.15. The molecule has 40 heavy (non-hydrogen) atoms. The van der Waals surface area contributed by atoms with Crippen LogP contribution in [0.3, 0.4) is 0 Å². The van der Waals surface area contributed by atoms with Gasteiger partial charge in [-0.3, -0.25) is 14.6 Å². The number of H-pyrrole nitrogens is 1. The lowest BCUT2D eigenvalue weighted by atomic mass is 10.2. The number of hydrogen-bond acceptors (Lipinski definition) is 10. The van der Waals surface area contributed by atoms with E-state index in [1.165, 1.54) is 49.8 Å². The van der Waals surface area contributed by atoms with Crippen LogP contribution in [0.15, 0.2) is 53.6 Å². The van der Waals surface area contributed by atoms with Gasteiger partial charge in [-0.25, -0.2) is 13.8 Å². The molecule has 0 saturated carbocycles. The molecule has 4 aromatic rings. The number of nitrogens with one attached hydrogen (secondary N) is 1. The zero-order valence-corrected chi connectivity index (χ0v) is 23.1. The van der Waals surface area contributed by atoms with Gasteiger partial charge in [0.15, 0.2) is 31.1 Å². The number of nitrogens with two attached hydrogens (primary N) is 1.